The minimum atomic E-state index is 0.0793. The summed E-state index contributed by atoms with van der Waals surface area (Å²) in [6, 6.07) is 1.81. The van der Waals surface area contributed by atoms with Crippen LogP contribution in [0.5, 0.6) is 0 Å². The lowest BCUT2D eigenvalue weighted by Gasteiger charge is -1.99. The zero-order chi connectivity index (χ0) is 8.97. The number of ketones is 1. The van der Waals surface area contributed by atoms with Crippen LogP contribution in [0, 0.1) is 0 Å². The second-order valence-electron chi connectivity index (χ2n) is 2.29. The van der Waals surface area contributed by atoms with E-state index < -0.39 is 0 Å². The van der Waals surface area contributed by atoms with E-state index in [2.05, 4.69) is 5.32 Å². The number of carbonyl (C=O) groups is 1. The van der Waals surface area contributed by atoms with Crippen LogP contribution in [0.3, 0.4) is 0 Å². The fraction of sp³-hybridized carbons (Fsp3) is 0.250. The van der Waals surface area contributed by atoms with Crippen LogP contribution in [0.2, 0.25) is 0 Å². The Morgan fingerprint density at radius 1 is 1.75 bits per heavy atom. The topological polar surface area (TPSA) is 29.1 Å². The van der Waals surface area contributed by atoms with Gasteiger partial charge in [0, 0.05) is 18.0 Å². The van der Waals surface area contributed by atoms with Crippen molar-refractivity contribution in [3.8, 4) is 0 Å². The van der Waals surface area contributed by atoms with Gasteiger partial charge in [-0.1, -0.05) is 12.2 Å². The van der Waals surface area contributed by atoms with Crippen molar-refractivity contribution < 1.29 is 4.79 Å². The van der Waals surface area contributed by atoms with E-state index in [9.17, 15) is 4.79 Å². The summed E-state index contributed by atoms with van der Waals surface area (Å²) >= 11 is 6.39. The van der Waals surface area contributed by atoms with Gasteiger partial charge >= 0.3 is 0 Å². The van der Waals surface area contributed by atoms with Crippen molar-refractivity contribution in [3.05, 3.63) is 22.4 Å². The Balaban J connectivity index is 2.56. The standard InChI is InChI=1S/C8H9NOS2/c1-9-8(11)4-7(10)6-2-3-12-5-6/h2-3,5H,4H2,1H3,(H,9,11). The zero-order valence-corrected chi connectivity index (χ0v) is 8.30. The number of thiophene rings is 1. The average molecular weight is 199 g/mol. The average Bonchev–Trinajstić information content (AvgIpc) is 2.56. The summed E-state index contributed by atoms with van der Waals surface area (Å²) in [6.45, 7) is 0. The molecule has 0 aromatic carbocycles. The molecule has 4 heteroatoms. The monoisotopic (exact) mass is 199 g/mol. The fourth-order valence-electron chi connectivity index (χ4n) is 0.759. The molecule has 0 saturated heterocycles. The van der Waals surface area contributed by atoms with Crippen molar-refractivity contribution in [2.24, 2.45) is 0 Å². The SMILES string of the molecule is CNC(=S)CC(=O)c1ccsc1. The van der Waals surface area contributed by atoms with Crippen LogP contribution in [0.1, 0.15) is 16.8 Å². The maximum absolute atomic E-state index is 11.4. The van der Waals surface area contributed by atoms with Gasteiger partial charge in [0.2, 0.25) is 0 Å². The van der Waals surface area contributed by atoms with Crippen molar-refractivity contribution in [2.75, 3.05) is 7.05 Å². The maximum atomic E-state index is 11.4. The Bertz CT molecular complexity index is 279. The van der Waals surface area contributed by atoms with E-state index in [4.69, 9.17) is 12.2 Å². The van der Waals surface area contributed by atoms with Gasteiger partial charge in [-0.2, -0.15) is 11.3 Å². The third-order valence-corrected chi connectivity index (χ3v) is 2.47. The van der Waals surface area contributed by atoms with Crippen LogP contribution in [0.15, 0.2) is 16.8 Å². The summed E-state index contributed by atoms with van der Waals surface area (Å²) in [7, 11) is 1.73. The Kier molecular flexibility index (Phi) is 3.37. The summed E-state index contributed by atoms with van der Waals surface area (Å²) in [6.07, 6.45) is 0.308. The van der Waals surface area contributed by atoms with E-state index in [0.717, 1.165) is 5.56 Å². The van der Waals surface area contributed by atoms with E-state index in [0.29, 0.717) is 11.4 Å². The highest BCUT2D eigenvalue weighted by Crippen LogP contribution is 2.08. The molecule has 0 bridgehead atoms. The van der Waals surface area contributed by atoms with E-state index in [1.807, 2.05) is 16.8 Å². The lowest BCUT2D eigenvalue weighted by molar-refractivity contribution is 0.100. The molecule has 1 aromatic heterocycles. The first kappa shape index (κ1) is 9.35. The van der Waals surface area contributed by atoms with Gasteiger partial charge < -0.3 is 5.32 Å². The van der Waals surface area contributed by atoms with Gasteiger partial charge in [0.05, 0.1) is 11.4 Å². The lowest BCUT2D eigenvalue weighted by atomic mass is 10.2. The molecule has 1 N–H and O–H groups in total. The number of carbonyl (C=O) groups excluding carboxylic acids is 1. The molecule has 0 aliphatic rings. The Hall–Kier alpha value is -0.740. The molecular formula is C8H9NOS2. The number of Topliss-reactive ketones (excluding diaryl/α,β-unsaturated/α-hetero) is 1. The van der Waals surface area contributed by atoms with Gasteiger partial charge in [-0.3, -0.25) is 4.79 Å². The first-order valence-corrected chi connectivity index (χ1v) is 4.85. The largest absolute Gasteiger partial charge is 0.382 e. The van der Waals surface area contributed by atoms with Crippen LogP contribution in [0.25, 0.3) is 0 Å². The summed E-state index contributed by atoms with van der Waals surface area (Å²) < 4.78 is 0. The molecule has 0 aliphatic heterocycles. The third-order valence-electron chi connectivity index (χ3n) is 1.44. The quantitative estimate of drug-likeness (QED) is 0.595. The first-order valence-electron chi connectivity index (χ1n) is 3.50. The highest BCUT2D eigenvalue weighted by molar-refractivity contribution is 7.80. The lowest BCUT2D eigenvalue weighted by Crippen LogP contribution is -2.19. The molecule has 0 saturated carbocycles. The molecule has 0 spiro atoms. The molecular weight excluding hydrogens is 190 g/mol. The first-order chi connectivity index (χ1) is 5.74. The maximum Gasteiger partial charge on any atom is 0.170 e. The van der Waals surface area contributed by atoms with Gasteiger partial charge in [0.15, 0.2) is 5.78 Å². The Morgan fingerprint density at radius 3 is 3.00 bits per heavy atom. The third kappa shape index (κ3) is 2.39. The van der Waals surface area contributed by atoms with Crippen molar-refractivity contribution in [1.82, 2.24) is 5.32 Å². The van der Waals surface area contributed by atoms with Crippen molar-refractivity contribution in [1.29, 1.82) is 0 Å². The molecule has 1 heterocycles. The molecule has 0 aliphatic carbocycles. The van der Waals surface area contributed by atoms with Gasteiger partial charge in [-0.15, -0.1) is 0 Å². The van der Waals surface area contributed by atoms with Gasteiger partial charge in [0.1, 0.15) is 0 Å². The molecule has 0 unspecified atom stereocenters. The Morgan fingerprint density at radius 2 is 2.50 bits per heavy atom. The smallest absolute Gasteiger partial charge is 0.170 e. The summed E-state index contributed by atoms with van der Waals surface area (Å²) in [4.78, 5) is 11.9. The molecule has 0 fully saturated rings. The number of rotatable bonds is 3. The van der Waals surface area contributed by atoms with Gasteiger partial charge in [0.25, 0.3) is 0 Å². The normalized spacial score (nSPS) is 9.42. The van der Waals surface area contributed by atoms with Crippen molar-refractivity contribution >= 4 is 34.3 Å². The number of hydrogen-bond donors (Lipinski definition) is 1. The molecule has 0 atom stereocenters. The second-order valence-corrected chi connectivity index (χ2v) is 3.56. The predicted molar refractivity (Wildman–Crippen MR) is 54.9 cm³/mol. The van der Waals surface area contributed by atoms with Gasteiger partial charge in [-0.05, 0) is 11.4 Å². The van der Waals surface area contributed by atoms with Crippen molar-refractivity contribution in [2.45, 2.75) is 6.42 Å². The molecule has 0 radical (unpaired) electrons. The highest BCUT2D eigenvalue weighted by atomic mass is 32.1. The summed E-state index contributed by atoms with van der Waals surface area (Å²) in [5.41, 5.74) is 0.748. The predicted octanol–water partition coefficient (Wildman–Crippen LogP) is 1.87. The van der Waals surface area contributed by atoms with Crippen LogP contribution < -0.4 is 5.32 Å². The summed E-state index contributed by atoms with van der Waals surface area (Å²) in [5.74, 6) is 0.0793. The molecule has 1 rings (SSSR count). The van der Waals surface area contributed by atoms with Crippen LogP contribution in [-0.2, 0) is 0 Å². The highest BCUT2D eigenvalue weighted by Gasteiger charge is 2.07. The van der Waals surface area contributed by atoms with E-state index in [-0.39, 0.29) is 5.78 Å². The van der Waals surface area contributed by atoms with Gasteiger partial charge in [-0.25, -0.2) is 0 Å². The van der Waals surface area contributed by atoms with E-state index >= 15 is 0 Å². The minimum absolute atomic E-state index is 0.0793. The zero-order valence-electron chi connectivity index (χ0n) is 6.66. The van der Waals surface area contributed by atoms with Crippen LogP contribution >= 0.6 is 23.6 Å². The van der Waals surface area contributed by atoms with E-state index in [1.54, 1.807) is 7.05 Å². The Labute approximate surface area is 80.6 Å². The molecule has 12 heavy (non-hydrogen) atoms. The molecule has 1 aromatic rings. The minimum Gasteiger partial charge on any atom is -0.382 e. The second kappa shape index (κ2) is 4.33. The number of thiocarbonyl (C=S) groups is 1. The molecule has 0 amide bonds. The van der Waals surface area contributed by atoms with Crippen LogP contribution in [0.4, 0.5) is 0 Å². The fourth-order valence-corrected chi connectivity index (χ4v) is 1.55. The number of hydrogen-bond acceptors (Lipinski definition) is 3. The molecule has 64 valence electrons. The number of nitrogens with one attached hydrogen (secondary N) is 1. The summed E-state index contributed by atoms with van der Waals surface area (Å²) in [5, 5.41) is 6.49. The van der Waals surface area contributed by atoms with E-state index in [1.165, 1.54) is 11.3 Å². The van der Waals surface area contributed by atoms with Crippen molar-refractivity contribution in [3.63, 3.8) is 0 Å². The molecule has 2 nitrogen and oxygen atoms in total. The van der Waals surface area contributed by atoms with Crippen LogP contribution in [-0.4, -0.2) is 17.8 Å².